The molecule has 1 rings (SSSR count). The van der Waals surface area contributed by atoms with Gasteiger partial charge < -0.3 is 21.1 Å². The number of amides is 1. The predicted molar refractivity (Wildman–Crippen MR) is 53.5 cm³/mol. The topological polar surface area (TPSA) is 78.6 Å². The second kappa shape index (κ2) is 4.72. The Morgan fingerprint density at radius 3 is 2.64 bits per heavy atom. The number of carbonyl (C=O) groups excluding carboxylic acids is 1. The molecule has 0 saturated carbocycles. The highest BCUT2D eigenvalue weighted by molar-refractivity contribution is 5.76. The highest BCUT2D eigenvalue weighted by atomic mass is 16.3. The van der Waals surface area contributed by atoms with Crippen LogP contribution in [0, 0.1) is 0 Å². The molecule has 1 fully saturated rings. The largest absolute Gasteiger partial charge is 0.396 e. The summed E-state index contributed by atoms with van der Waals surface area (Å²) in [6.07, 6.45) is 1.66. The zero-order valence-electron chi connectivity index (χ0n) is 8.62. The third-order valence-corrected chi connectivity index (χ3v) is 2.61. The first-order valence-corrected chi connectivity index (χ1v) is 4.95. The monoisotopic (exact) mass is 201 g/mol. The molecule has 14 heavy (non-hydrogen) atoms. The van der Waals surface area contributed by atoms with E-state index in [9.17, 15) is 4.79 Å². The second-order valence-corrected chi connectivity index (χ2v) is 3.98. The molecule has 5 nitrogen and oxygen atoms in total. The number of aliphatic hydroxyl groups excluding tert-OH is 1. The minimum atomic E-state index is -0.571. The fraction of sp³-hybridized carbons (Fsp3) is 0.889. The van der Waals surface area contributed by atoms with Gasteiger partial charge in [0.15, 0.2) is 0 Å². The van der Waals surface area contributed by atoms with Gasteiger partial charge in [-0.2, -0.15) is 0 Å². The summed E-state index contributed by atoms with van der Waals surface area (Å²) in [4.78, 5) is 13.4. The Kier molecular flexibility index (Phi) is 3.86. The van der Waals surface area contributed by atoms with Gasteiger partial charge in [0.1, 0.15) is 0 Å². The standard InChI is InChI=1S/C9H19N3O2/c1-12-5-3-9(10,4-6-12)11-8(14)2-7-13/h13H,2-7,10H2,1H3,(H,11,14). The molecule has 1 amide bonds. The van der Waals surface area contributed by atoms with Crippen LogP contribution in [0.2, 0.25) is 0 Å². The molecule has 0 spiro atoms. The highest BCUT2D eigenvalue weighted by Gasteiger charge is 2.30. The predicted octanol–water partition coefficient (Wildman–Crippen LogP) is -1.13. The van der Waals surface area contributed by atoms with Gasteiger partial charge in [-0.15, -0.1) is 0 Å². The SMILES string of the molecule is CN1CCC(N)(NC(=O)CCO)CC1. The highest BCUT2D eigenvalue weighted by Crippen LogP contribution is 2.15. The van der Waals surface area contributed by atoms with E-state index in [1.807, 2.05) is 7.05 Å². The summed E-state index contributed by atoms with van der Waals surface area (Å²) in [6.45, 7) is 1.67. The molecule has 1 aliphatic rings. The quantitative estimate of drug-likeness (QED) is 0.505. The summed E-state index contributed by atoms with van der Waals surface area (Å²) >= 11 is 0. The third-order valence-electron chi connectivity index (χ3n) is 2.61. The van der Waals surface area contributed by atoms with Crippen molar-refractivity contribution in [1.82, 2.24) is 10.2 Å². The molecule has 0 radical (unpaired) electrons. The Labute approximate surface area is 84.3 Å². The molecule has 1 heterocycles. The van der Waals surface area contributed by atoms with Gasteiger partial charge in [0, 0.05) is 19.5 Å². The van der Waals surface area contributed by atoms with E-state index in [1.165, 1.54) is 0 Å². The molecule has 0 bridgehead atoms. The molecule has 1 aliphatic heterocycles. The van der Waals surface area contributed by atoms with Gasteiger partial charge in [0.05, 0.1) is 12.3 Å². The average Bonchev–Trinajstić information content (AvgIpc) is 2.11. The average molecular weight is 201 g/mol. The zero-order valence-corrected chi connectivity index (χ0v) is 8.62. The lowest BCUT2D eigenvalue weighted by molar-refractivity contribution is -0.124. The van der Waals surface area contributed by atoms with E-state index in [1.54, 1.807) is 0 Å². The van der Waals surface area contributed by atoms with Crippen molar-refractivity contribution in [2.24, 2.45) is 5.73 Å². The van der Waals surface area contributed by atoms with Crippen molar-refractivity contribution in [3.05, 3.63) is 0 Å². The second-order valence-electron chi connectivity index (χ2n) is 3.98. The minimum absolute atomic E-state index is 0.123. The van der Waals surface area contributed by atoms with Crippen LogP contribution < -0.4 is 11.1 Å². The third kappa shape index (κ3) is 3.25. The number of nitrogens with two attached hydrogens (primary N) is 1. The van der Waals surface area contributed by atoms with Crippen LogP contribution >= 0.6 is 0 Å². The van der Waals surface area contributed by atoms with Crippen molar-refractivity contribution in [1.29, 1.82) is 0 Å². The molecule has 0 aliphatic carbocycles. The molecule has 0 aromatic rings. The zero-order chi connectivity index (χ0) is 10.6. The number of nitrogens with zero attached hydrogens (tertiary/aromatic N) is 1. The van der Waals surface area contributed by atoms with E-state index in [0.717, 1.165) is 25.9 Å². The molecule has 1 saturated heterocycles. The van der Waals surface area contributed by atoms with Crippen LogP contribution in [-0.4, -0.2) is 48.3 Å². The Balaban J connectivity index is 2.38. The summed E-state index contributed by atoms with van der Waals surface area (Å²) in [6, 6.07) is 0. The van der Waals surface area contributed by atoms with Gasteiger partial charge in [-0.05, 0) is 19.9 Å². The number of nitrogens with one attached hydrogen (secondary N) is 1. The normalized spacial score (nSPS) is 21.9. The minimum Gasteiger partial charge on any atom is -0.396 e. The molecule has 0 atom stereocenters. The van der Waals surface area contributed by atoms with Crippen LogP contribution in [0.4, 0.5) is 0 Å². The number of hydrogen-bond donors (Lipinski definition) is 3. The van der Waals surface area contributed by atoms with Crippen LogP contribution in [0.3, 0.4) is 0 Å². The number of aliphatic hydroxyl groups is 1. The molecule has 4 N–H and O–H groups in total. The summed E-state index contributed by atoms with van der Waals surface area (Å²) < 4.78 is 0. The Bertz CT molecular complexity index is 200. The fourth-order valence-corrected chi connectivity index (χ4v) is 1.58. The van der Waals surface area contributed by atoms with Crippen molar-refractivity contribution >= 4 is 5.91 Å². The van der Waals surface area contributed by atoms with Crippen LogP contribution in [0.5, 0.6) is 0 Å². The Hall–Kier alpha value is -0.650. The van der Waals surface area contributed by atoms with Gasteiger partial charge in [-0.25, -0.2) is 0 Å². The van der Waals surface area contributed by atoms with E-state index < -0.39 is 5.66 Å². The van der Waals surface area contributed by atoms with Gasteiger partial charge in [-0.1, -0.05) is 0 Å². The molecular formula is C9H19N3O2. The molecule has 0 unspecified atom stereocenters. The number of hydrogen-bond acceptors (Lipinski definition) is 4. The summed E-state index contributed by atoms with van der Waals surface area (Å²) in [5.41, 5.74) is 5.44. The van der Waals surface area contributed by atoms with Gasteiger partial charge in [-0.3, -0.25) is 4.79 Å². The Morgan fingerprint density at radius 2 is 2.14 bits per heavy atom. The molecular weight excluding hydrogens is 182 g/mol. The summed E-state index contributed by atoms with van der Waals surface area (Å²) in [7, 11) is 2.04. The first kappa shape index (κ1) is 11.4. The van der Waals surface area contributed by atoms with Crippen LogP contribution in [0.1, 0.15) is 19.3 Å². The van der Waals surface area contributed by atoms with Gasteiger partial charge >= 0.3 is 0 Å². The fourth-order valence-electron chi connectivity index (χ4n) is 1.58. The maximum atomic E-state index is 11.2. The summed E-state index contributed by atoms with van der Waals surface area (Å²) in [5, 5.41) is 11.4. The Morgan fingerprint density at radius 1 is 1.57 bits per heavy atom. The maximum absolute atomic E-state index is 11.2. The van der Waals surface area contributed by atoms with Crippen molar-refractivity contribution in [3.8, 4) is 0 Å². The van der Waals surface area contributed by atoms with Crippen molar-refractivity contribution in [3.63, 3.8) is 0 Å². The van der Waals surface area contributed by atoms with Crippen LogP contribution in [0.25, 0.3) is 0 Å². The van der Waals surface area contributed by atoms with E-state index in [4.69, 9.17) is 10.8 Å². The molecule has 5 heteroatoms. The molecule has 0 aromatic heterocycles. The number of rotatable bonds is 3. The van der Waals surface area contributed by atoms with Crippen molar-refractivity contribution in [2.45, 2.75) is 24.9 Å². The lowest BCUT2D eigenvalue weighted by Gasteiger charge is -2.38. The van der Waals surface area contributed by atoms with Gasteiger partial charge in [0.25, 0.3) is 0 Å². The van der Waals surface area contributed by atoms with E-state index >= 15 is 0 Å². The van der Waals surface area contributed by atoms with Crippen LogP contribution in [0.15, 0.2) is 0 Å². The smallest absolute Gasteiger partial charge is 0.223 e. The lowest BCUT2D eigenvalue weighted by atomic mass is 9.98. The van der Waals surface area contributed by atoms with E-state index in [2.05, 4.69) is 10.2 Å². The van der Waals surface area contributed by atoms with Crippen LogP contribution in [-0.2, 0) is 4.79 Å². The first-order chi connectivity index (χ1) is 6.56. The van der Waals surface area contributed by atoms with E-state index in [0.29, 0.717) is 0 Å². The van der Waals surface area contributed by atoms with Crippen molar-refractivity contribution in [2.75, 3.05) is 26.7 Å². The number of piperidine rings is 1. The summed E-state index contributed by atoms with van der Waals surface area (Å²) in [5.74, 6) is -0.167. The number of likely N-dealkylation sites (tertiary alicyclic amines) is 1. The van der Waals surface area contributed by atoms with Crippen molar-refractivity contribution < 1.29 is 9.90 Å². The van der Waals surface area contributed by atoms with Gasteiger partial charge in [0.2, 0.25) is 5.91 Å². The molecule has 82 valence electrons. The molecule has 0 aromatic carbocycles. The maximum Gasteiger partial charge on any atom is 0.223 e. The lowest BCUT2D eigenvalue weighted by Crippen LogP contribution is -2.60. The first-order valence-electron chi connectivity index (χ1n) is 4.95. The van der Waals surface area contributed by atoms with E-state index in [-0.39, 0.29) is 18.9 Å². The number of carbonyl (C=O) groups is 1.